The Balaban J connectivity index is 1.86. The van der Waals surface area contributed by atoms with Gasteiger partial charge in [0.05, 0.1) is 5.60 Å². The average Bonchev–Trinajstić information content (AvgIpc) is 2.76. The summed E-state index contributed by atoms with van der Waals surface area (Å²) in [6.45, 7) is 2.20. The summed E-state index contributed by atoms with van der Waals surface area (Å²) < 4.78 is 0. The highest BCUT2D eigenvalue weighted by Gasteiger charge is 2.51. The highest BCUT2D eigenvalue weighted by atomic mass is 16.3. The fourth-order valence-corrected chi connectivity index (χ4v) is 5.09. The quantitative estimate of drug-likeness (QED) is 0.634. The molecule has 144 valence electrons. The molecule has 0 aliphatic carbocycles. The van der Waals surface area contributed by atoms with Gasteiger partial charge in [-0.15, -0.1) is 0 Å². The van der Waals surface area contributed by atoms with E-state index in [0.717, 1.165) is 12.0 Å². The Morgan fingerprint density at radius 3 is 1.86 bits per heavy atom. The first-order valence-electron chi connectivity index (χ1n) is 10.2. The minimum atomic E-state index is -0.871. The highest BCUT2D eigenvalue weighted by molar-refractivity contribution is 5.32. The molecule has 1 aliphatic heterocycles. The minimum absolute atomic E-state index is 0.113. The van der Waals surface area contributed by atoms with E-state index in [1.807, 2.05) is 18.2 Å². The van der Waals surface area contributed by atoms with Gasteiger partial charge in [-0.2, -0.15) is 0 Å². The number of piperidine rings is 1. The van der Waals surface area contributed by atoms with Crippen LogP contribution in [-0.2, 0) is 5.60 Å². The van der Waals surface area contributed by atoms with Crippen molar-refractivity contribution in [3.05, 3.63) is 108 Å². The van der Waals surface area contributed by atoms with Gasteiger partial charge in [-0.1, -0.05) is 97.9 Å². The molecule has 1 heterocycles. The summed E-state index contributed by atoms with van der Waals surface area (Å²) in [5.74, 6) is 0.113. The van der Waals surface area contributed by atoms with Crippen LogP contribution < -0.4 is 0 Å². The maximum atomic E-state index is 12.2. The van der Waals surface area contributed by atoms with Crippen LogP contribution in [0.3, 0.4) is 0 Å². The van der Waals surface area contributed by atoms with Gasteiger partial charge in [0.15, 0.2) is 0 Å². The molecule has 0 radical (unpaired) electrons. The molecule has 3 aromatic rings. The second-order valence-corrected chi connectivity index (χ2v) is 7.96. The number of aliphatic hydroxyl groups is 1. The summed E-state index contributed by atoms with van der Waals surface area (Å²) in [7, 11) is 2.21. The fourth-order valence-electron chi connectivity index (χ4n) is 5.09. The van der Waals surface area contributed by atoms with Gasteiger partial charge < -0.3 is 5.11 Å². The van der Waals surface area contributed by atoms with Crippen LogP contribution in [0.4, 0.5) is 0 Å². The molecule has 3 aromatic carbocycles. The first-order valence-corrected chi connectivity index (χ1v) is 10.2. The SMILES string of the molecule is CC[C@@H]1[C@H](c2ccccc2)N(C)[C@H](c2ccccc2)C[C@@]1(O)c1ccccc1. The summed E-state index contributed by atoms with van der Waals surface area (Å²) in [6, 6.07) is 31.8. The summed E-state index contributed by atoms with van der Waals surface area (Å²) in [5.41, 5.74) is 2.68. The van der Waals surface area contributed by atoms with Crippen molar-refractivity contribution in [2.24, 2.45) is 5.92 Å². The second-order valence-electron chi connectivity index (χ2n) is 7.96. The summed E-state index contributed by atoms with van der Waals surface area (Å²) in [5, 5.41) is 12.2. The maximum absolute atomic E-state index is 12.2. The Labute approximate surface area is 168 Å². The molecule has 1 aliphatic rings. The van der Waals surface area contributed by atoms with Crippen molar-refractivity contribution < 1.29 is 5.11 Å². The van der Waals surface area contributed by atoms with Gasteiger partial charge in [-0.25, -0.2) is 0 Å². The number of hydrogen-bond donors (Lipinski definition) is 1. The van der Waals surface area contributed by atoms with Gasteiger partial charge in [0.25, 0.3) is 0 Å². The van der Waals surface area contributed by atoms with E-state index in [1.54, 1.807) is 0 Å². The molecule has 0 amide bonds. The monoisotopic (exact) mass is 371 g/mol. The third kappa shape index (κ3) is 3.28. The standard InChI is InChI=1S/C26H29NO/c1-3-23-25(21-15-9-5-10-16-21)27(2)24(20-13-7-4-8-14-20)19-26(23,28)22-17-11-6-12-18-22/h4-18,23-25,28H,3,19H2,1-2H3/t23-,24+,25+,26-/m1/s1. The van der Waals surface area contributed by atoms with Crippen LogP contribution in [0.15, 0.2) is 91.0 Å². The Bertz CT molecular complexity index is 880. The minimum Gasteiger partial charge on any atom is -0.385 e. The molecule has 0 bridgehead atoms. The van der Waals surface area contributed by atoms with Crippen molar-refractivity contribution in [1.29, 1.82) is 0 Å². The third-order valence-corrected chi connectivity index (χ3v) is 6.47. The first-order chi connectivity index (χ1) is 13.6. The van der Waals surface area contributed by atoms with Crippen LogP contribution in [0.25, 0.3) is 0 Å². The Morgan fingerprint density at radius 2 is 1.32 bits per heavy atom. The predicted octanol–water partition coefficient (Wildman–Crippen LogP) is 5.72. The van der Waals surface area contributed by atoms with Gasteiger partial charge in [0.1, 0.15) is 0 Å². The van der Waals surface area contributed by atoms with E-state index in [9.17, 15) is 5.11 Å². The van der Waals surface area contributed by atoms with E-state index >= 15 is 0 Å². The lowest BCUT2D eigenvalue weighted by Crippen LogP contribution is -2.51. The van der Waals surface area contributed by atoms with Gasteiger partial charge in [0.2, 0.25) is 0 Å². The molecular formula is C26H29NO. The lowest BCUT2D eigenvalue weighted by atomic mass is 9.66. The maximum Gasteiger partial charge on any atom is 0.0960 e. The summed E-state index contributed by atoms with van der Waals surface area (Å²) in [6.07, 6.45) is 1.61. The molecule has 1 fully saturated rings. The zero-order valence-corrected chi connectivity index (χ0v) is 16.7. The number of nitrogens with zero attached hydrogens (tertiary/aromatic N) is 1. The van der Waals surface area contributed by atoms with Gasteiger partial charge in [-0.05, 0) is 30.2 Å². The number of benzene rings is 3. The van der Waals surface area contributed by atoms with Crippen LogP contribution in [0.2, 0.25) is 0 Å². The van der Waals surface area contributed by atoms with E-state index in [-0.39, 0.29) is 18.0 Å². The molecule has 0 aromatic heterocycles. The van der Waals surface area contributed by atoms with E-state index < -0.39 is 5.60 Å². The van der Waals surface area contributed by atoms with E-state index in [2.05, 4.69) is 91.7 Å². The average molecular weight is 372 g/mol. The van der Waals surface area contributed by atoms with Crippen molar-refractivity contribution >= 4 is 0 Å². The van der Waals surface area contributed by atoms with Crippen LogP contribution in [0, 0.1) is 5.92 Å². The zero-order valence-electron chi connectivity index (χ0n) is 16.7. The normalized spacial score (nSPS) is 28.2. The van der Waals surface area contributed by atoms with E-state index in [4.69, 9.17) is 0 Å². The van der Waals surface area contributed by atoms with Gasteiger partial charge in [0, 0.05) is 24.4 Å². The molecule has 2 nitrogen and oxygen atoms in total. The Hall–Kier alpha value is -2.42. The summed E-state index contributed by atoms with van der Waals surface area (Å²) >= 11 is 0. The second kappa shape index (κ2) is 7.90. The molecule has 0 spiro atoms. The molecule has 0 saturated carbocycles. The topological polar surface area (TPSA) is 23.5 Å². The van der Waals surface area contributed by atoms with Crippen LogP contribution in [0.5, 0.6) is 0 Å². The van der Waals surface area contributed by atoms with Crippen molar-refractivity contribution in [3.8, 4) is 0 Å². The van der Waals surface area contributed by atoms with Crippen molar-refractivity contribution in [3.63, 3.8) is 0 Å². The number of rotatable bonds is 4. The molecule has 28 heavy (non-hydrogen) atoms. The molecular weight excluding hydrogens is 342 g/mol. The Kier molecular flexibility index (Phi) is 5.34. The van der Waals surface area contributed by atoms with Crippen LogP contribution in [0.1, 0.15) is 48.5 Å². The van der Waals surface area contributed by atoms with E-state index in [1.165, 1.54) is 11.1 Å². The number of hydrogen-bond acceptors (Lipinski definition) is 2. The van der Waals surface area contributed by atoms with Gasteiger partial charge >= 0.3 is 0 Å². The number of likely N-dealkylation sites (tertiary alicyclic amines) is 1. The first kappa shape index (κ1) is 18.9. The zero-order chi connectivity index (χ0) is 19.6. The van der Waals surface area contributed by atoms with E-state index in [0.29, 0.717) is 6.42 Å². The fraction of sp³-hybridized carbons (Fsp3) is 0.308. The van der Waals surface area contributed by atoms with Crippen molar-refractivity contribution in [2.45, 2.75) is 37.5 Å². The molecule has 1 N–H and O–H groups in total. The molecule has 1 saturated heterocycles. The van der Waals surface area contributed by atoms with Gasteiger partial charge in [-0.3, -0.25) is 4.90 Å². The van der Waals surface area contributed by atoms with Crippen LogP contribution >= 0.6 is 0 Å². The smallest absolute Gasteiger partial charge is 0.0960 e. The molecule has 2 heteroatoms. The predicted molar refractivity (Wildman–Crippen MR) is 115 cm³/mol. The van der Waals surface area contributed by atoms with Crippen molar-refractivity contribution in [2.75, 3.05) is 7.05 Å². The lowest BCUT2D eigenvalue weighted by molar-refractivity contribution is -0.128. The molecule has 0 unspecified atom stereocenters. The summed E-state index contributed by atoms with van der Waals surface area (Å²) in [4.78, 5) is 2.47. The molecule has 4 atom stereocenters. The largest absolute Gasteiger partial charge is 0.385 e. The highest BCUT2D eigenvalue weighted by Crippen LogP contribution is 2.54. The Morgan fingerprint density at radius 1 is 0.821 bits per heavy atom. The van der Waals surface area contributed by atoms with Crippen molar-refractivity contribution in [1.82, 2.24) is 4.90 Å². The molecule has 4 rings (SSSR count). The third-order valence-electron chi connectivity index (χ3n) is 6.47. The van der Waals surface area contributed by atoms with Crippen LogP contribution in [-0.4, -0.2) is 17.1 Å². The lowest BCUT2D eigenvalue weighted by Gasteiger charge is -2.53.